The molecule has 0 aliphatic carbocycles. The molecule has 0 aliphatic heterocycles. The number of rotatable bonds is 8. The number of methoxy groups -OCH3 is 2. The first-order valence-electron chi connectivity index (χ1n) is 8.36. The van der Waals surface area contributed by atoms with Crippen LogP contribution in [0.4, 0.5) is 0 Å². The van der Waals surface area contributed by atoms with Crippen molar-refractivity contribution in [2.45, 2.75) is 13.3 Å². The van der Waals surface area contributed by atoms with Gasteiger partial charge in [-0.25, -0.2) is 4.79 Å². The van der Waals surface area contributed by atoms with Gasteiger partial charge in [0.2, 0.25) is 5.75 Å². The molecule has 0 unspecified atom stereocenters. The molecule has 2 aromatic rings. The second-order valence-electron chi connectivity index (χ2n) is 5.58. The molecule has 0 radical (unpaired) electrons. The number of carbonyl (C=O) groups is 2. The molecule has 0 heterocycles. The summed E-state index contributed by atoms with van der Waals surface area (Å²) >= 11 is 0. The van der Waals surface area contributed by atoms with Crippen molar-refractivity contribution < 1.29 is 28.5 Å². The lowest BCUT2D eigenvalue weighted by molar-refractivity contribution is -0.137. The zero-order valence-electron chi connectivity index (χ0n) is 15.6. The Balaban J connectivity index is 2.02. The van der Waals surface area contributed by atoms with Crippen LogP contribution in [0.5, 0.6) is 17.2 Å². The summed E-state index contributed by atoms with van der Waals surface area (Å²) in [5, 5.41) is 0. The summed E-state index contributed by atoms with van der Waals surface area (Å²) in [6.45, 7) is 1.59. The maximum atomic E-state index is 11.9. The van der Waals surface area contributed by atoms with Crippen molar-refractivity contribution in [2.75, 3.05) is 20.8 Å². The number of hydrogen-bond donors (Lipinski definition) is 0. The SMILES string of the molecule is COc1cc(/C=C/C(=O)OCCc2ccccc2)cc(OC)c1OC(C)=O. The fourth-order valence-electron chi connectivity index (χ4n) is 2.37. The van der Waals surface area contributed by atoms with Gasteiger partial charge in [-0.05, 0) is 29.3 Å². The third-order valence-corrected chi connectivity index (χ3v) is 3.62. The minimum absolute atomic E-state index is 0.190. The highest BCUT2D eigenvalue weighted by Gasteiger charge is 2.15. The van der Waals surface area contributed by atoms with E-state index in [9.17, 15) is 9.59 Å². The quantitative estimate of drug-likeness (QED) is 0.403. The first-order valence-corrected chi connectivity index (χ1v) is 8.36. The first kappa shape index (κ1) is 20.0. The summed E-state index contributed by atoms with van der Waals surface area (Å²) < 4.78 is 20.8. The highest BCUT2D eigenvalue weighted by atomic mass is 16.6. The van der Waals surface area contributed by atoms with E-state index in [4.69, 9.17) is 18.9 Å². The molecular formula is C21H22O6. The van der Waals surface area contributed by atoms with Crippen molar-refractivity contribution in [1.29, 1.82) is 0 Å². The Morgan fingerprint density at radius 1 is 1.00 bits per heavy atom. The molecule has 0 bridgehead atoms. The van der Waals surface area contributed by atoms with E-state index in [-0.39, 0.29) is 5.75 Å². The monoisotopic (exact) mass is 370 g/mol. The largest absolute Gasteiger partial charge is 0.493 e. The summed E-state index contributed by atoms with van der Waals surface area (Å²) in [5.41, 5.74) is 1.74. The van der Waals surface area contributed by atoms with Crippen LogP contribution in [0.25, 0.3) is 6.08 Å². The smallest absolute Gasteiger partial charge is 0.330 e. The predicted molar refractivity (Wildman–Crippen MR) is 101 cm³/mol. The maximum Gasteiger partial charge on any atom is 0.330 e. The van der Waals surface area contributed by atoms with Crippen molar-refractivity contribution >= 4 is 18.0 Å². The Hall–Kier alpha value is -3.28. The van der Waals surface area contributed by atoms with E-state index in [0.29, 0.717) is 30.1 Å². The minimum Gasteiger partial charge on any atom is -0.493 e. The zero-order chi connectivity index (χ0) is 19.6. The third kappa shape index (κ3) is 6.18. The van der Waals surface area contributed by atoms with Crippen molar-refractivity contribution in [1.82, 2.24) is 0 Å². The van der Waals surface area contributed by atoms with Crippen LogP contribution in [0.15, 0.2) is 48.5 Å². The van der Waals surface area contributed by atoms with Crippen LogP contribution < -0.4 is 14.2 Å². The molecule has 0 aliphatic rings. The number of esters is 2. The molecule has 0 N–H and O–H groups in total. The average molecular weight is 370 g/mol. The fourth-order valence-corrected chi connectivity index (χ4v) is 2.37. The van der Waals surface area contributed by atoms with E-state index in [1.54, 1.807) is 18.2 Å². The summed E-state index contributed by atoms with van der Waals surface area (Å²) in [5.74, 6) is -0.108. The Kier molecular flexibility index (Phi) is 7.43. The fraction of sp³-hybridized carbons (Fsp3) is 0.238. The van der Waals surface area contributed by atoms with Gasteiger partial charge < -0.3 is 18.9 Å². The maximum absolute atomic E-state index is 11.9. The van der Waals surface area contributed by atoms with Crippen LogP contribution >= 0.6 is 0 Å². The van der Waals surface area contributed by atoms with Crippen molar-refractivity contribution in [3.05, 3.63) is 59.7 Å². The summed E-state index contributed by atoms with van der Waals surface area (Å²) in [4.78, 5) is 23.1. The molecule has 142 valence electrons. The van der Waals surface area contributed by atoms with Gasteiger partial charge in [0, 0.05) is 19.4 Å². The second-order valence-corrected chi connectivity index (χ2v) is 5.58. The molecule has 0 aromatic heterocycles. The van der Waals surface area contributed by atoms with Gasteiger partial charge in [-0.1, -0.05) is 30.3 Å². The van der Waals surface area contributed by atoms with Crippen LogP contribution in [0.1, 0.15) is 18.1 Å². The van der Waals surface area contributed by atoms with Gasteiger partial charge in [0.15, 0.2) is 11.5 Å². The lowest BCUT2D eigenvalue weighted by Crippen LogP contribution is -2.05. The summed E-state index contributed by atoms with van der Waals surface area (Å²) in [6, 6.07) is 13.0. The highest BCUT2D eigenvalue weighted by Crippen LogP contribution is 2.39. The molecular weight excluding hydrogens is 348 g/mol. The molecule has 2 aromatic carbocycles. The predicted octanol–water partition coefficient (Wildman–Crippen LogP) is 3.43. The van der Waals surface area contributed by atoms with Crippen LogP contribution in [0, 0.1) is 0 Å². The third-order valence-electron chi connectivity index (χ3n) is 3.62. The van der Waals surface area contributed by atoms with Crippen molar-refractivity contribution in [2.24, 2.45) is 0 Å². The molecule has 6 nitrogen and oxygen atoms in total. The molecule has 27 heavy (non-hydrogen) atoms. The van der Waals surface area contributed by atoms with E-state index in [1.165, 1.54) is 27.2 Å². The van der Waals surface area contributed by atoms with Crippen LogP contribution in [0.2, 0.25) is 0 Å². The zero-order valence-corrected chi connectivity index (χ0v) is 15.6. The molecule has 0 atom stereocenters. The molecule has 2 rings (SSSR count). The van der Waals surface area contributed by atoms with Gasteiger partial charge in [0.05, 0.1) is 20.8 Å². The Morgan fingerprint density at radius 3 is 2.19 bits per heavy atom. The van der Waals surface area contributed by atoms with E-state index in [0.717, 1.165) is 5.56 Å². The lowest BCUT2D eigenvalue weighted by atomic mass is 10.1. The number of benzene rings is 2. The topological polar surface area (TPSA) is 71.1 Å². The summed E-state index contributed by atoms with van der Waals surface area (Å²) in [6.07, 6.45) is 3.55. The summed E-state index contributed by atoms with van der Waals surface area (Å²) in [7, 11) is 2.90. The van der Waals surface area contributed by atoms with Gasteiger partial charge in [0.25, 0.3) is 0 Å². The number of carbonyl (C=O) groups excluding carboxylic acids is 2. The van der Waals surface area contributed by atoms with Crippen LogP contribution in [-0.4, -0.2) is 32.8 Å². The van der Waals surface area contributed by atoms with Gasteiger partial charge in [-0.2, -0.15) is 0 Å². The Bertz CT molecular complexity index is 786. The Morgan fingerprint density at radius 2 is 1.63 bits per heavy atom. The first-order chi connectivity index (χ1) is 13.0. The molecule has 0 fully saturated rings. The Labute approximate surface area is 158 Å². The highest BCUT2D eigenvalue weighted by molar-refractivity contribution is 5.87. The van der Waals surface area contributed by atoms with Gasteiger partial charge in [-0.3, -0.25) is 4.79 Å². The molecule has 0 spiro atoms. The van der Waals surface area contributed by atoms with Gasteiger partial charge in [-0.15, -0.1) is 0 Å². The lowest BCUT2D eigenvalue weighted by Gasteiger charge is -2.13. The number of hydrogen-bond acceptors (Lipinski definition) is 6. The molecule has 0 saturated carbocycles. The van der Waals surface area contributed by atoms with Crippen LogP contribution in [0.3, 0.4) is 0 Å². The minimum atomic E-state index is -0.489. The van der Waals surface area contributed by atoms with E-state index in [1.807, 2.05) is 30.3 Å². The van der Waals surface area contributed by atoms with E-state index in [2.05, 4.69) is 0 Å². The average Bonchev–Trinajstić information content (AvgIpc) is 2.67. The normalized spacial score (nSPS) is 10.5. The van der Waals surface area contributed by atoms with E-state index < -0.39 is 11.9 Å². The van der Waals surface area contributed by atoms with E-state index >= 15 is 0 Å². The number of ether oxygens (including phenoxy) is 4. The van der Waals surface area contributed by atoms with Gasteiger partial charge >= 0.3 is 11.9 Å². The molecule has 6 heteroatoms. The van der Waals surface area contributed by atoms with Crippen molar-refractivity contribution in [3.63, 3.8) is 0 Å². The molecule has 0 amide bonds. The van der Waals surface area contributed by atoms with Gasteiger partial charge in [0.1, 0.15) is 0 Å². The van der Waals surface area contributed by atoms with Crippen LogP contribution in [-0.2, 0) is 20.7 Å². The standard InChI is InChI=1S/C21H22O6/c1-15(22)27-21-18(24-2)13-17(14-19(21)25-3)9-10-20(23)26-12-11-16-7-5-4-6-8-16/h4-10,13-14H,11-12H2,1-3H3/b10-9+. The van der Waals surface area contributed by atoms with Crippen molar-refractivity contribution in [3.8, 4) is 17.2 Å². The second kappa shape index (κ2) is 10.0. The molecule has 0 saturated heterocycles.